The molecule has 0 aliphatic carbocycles. The second-order valence-electron chi connectivity index (χ2n) is 3.33. The molecule has 0 spiro atoms. The molecule has 0 aromatic carbocycles. The number of hydrogen-bond acceptors (Lipinski definition) is 2. The third-order valence-corrected chi connectivity index (χ3v) is 2.18. The summed E-state index contributed by atoms with van der Waals surface area (Å²) in [5, 5.41) is 6.24. The average molecular weight is 198 g/mol. The monoisotopic (exact) mass is 198 g/mol. The lowest BCUT2D eigenvalue weighted by molar-refractivity contribution is -0.123. The minimum Gasteiger partial charge on any atom is -0.356 e. The Kier molecular flexibility index (Phi) is 6.58. The van der Waals surface area contributed by atoms with E-state index in [-0.39, 0.29) is 11.8 Å². The lowest BCUT2D eigenvalue weighted by atomic mass is 9.99. The first-order chi connectivity index (χ1) is 6.67. The van der Waals surface area contributed by atoms with Crippen molar-refractivity contribution in [3.8, 4) is 0 Å². The molecular weight excluding hydrogens is 180 g/mol. The molecule has 0 aromatic heterocycles. The van der Waals surface area contributed by atoms with Gasteiger partial charge in [-0.3, -0.25) is 4.79 Å². The Bertz CT molecular complexity index is 223. The molecule has 1 amide bonds. The predicted octanol–water partition coefficient (Wildman–Crippen LogP) is 2.24. The normalized spacial score (nSPS) is 13.9. The van der Waals surface area contributed by atoms with Crippen LogP contribution in [0, 0.1) is 5.92 Å². The fraction of sp³-hybridized carbons (Fsp3) is 0.889. The van der Waals surface area contributed by atoms with Crippen molar-refractivity contribution in [2.75, 3.05) is 6.54 Å². The minimum atomic E-state index is -0.573. The molecule has 0 bridgehead atoms. The van der Waals surface area contributed by atoms with Crippen LogP contribution >= 0.6 is 0 Å². The summed E-state index contributed by atoms with van der Waals surface area (Å²) in [6.07, 6.45) is 1.71. The van der Waals surface area contributed by atoms with Gasteiger partial charge >= 0.3 is 0 Å². The maximum Gasteiger partial charge on any atom is 0.229 e. The van der Waals surface area contributed by atoms with Crippen LogP contribution in [-0.4, -0.2) is 18.5 Å². The molecule has 2 atom stereocenters. The van der Waals surface area contributed by atoms with Gasteiger partial charge in [-0.25, -0.2) is 0 Å². The van der Waals surface area contributed by atoms with E-state index in [1.807, 2.05) is 20.8 Å². The second-order valence-corrected chi connectivity index (χ2v) is 3.33. The molecule has 5 heteroatoms. The summed E-state index contributed by atoms with van der Waals surface area (Å²) in [7, 11) is 0. The van der Waals surface area contributed by atoms with Crippen molar-refractivity contribution >= 4 is 5.91 Å². The van der Waals surface area contributed by atoms with Crippen LogP contribution in [0.2, 0.25) is 0 Å². The predicted molar refractivity (Wildman–Crippen MR) is 55.7 cm³/mol. The van der Waals surface area contributed by atoms with Gasteiger partial charge in [0.1, 0.15) is 6.04 Å². The van der Waals surface area contributed by atoms with Gasteiger partial charge < -0.3 is 5.32 Å². The molecule has 1 unspecified atom stereocenters. The first-order valence-corrected chi connectivity index (χ1v) is 4.99. The standard InChI is InChI=1S/C9H18N4O/c1-4-6-11-9(14)8(12-13-10)7(3)5-2/h7-8H,4-6H2,1-3H3,(H,11,14)/t7?,8-/m0/s1. The van der Waals surface area contributed by atoms with Gasteiger partial charge in [0, 0.05) is 11.5 Å². The van der Waals surface area contributed by atoms with Gasteiger partial charge in [-0.1, -0.05) is 32.3 Å². The van der Waals surface area contributed by atoms with Crippen molar-refractivity contribution in [2.24, 2.45) is 11.0 Å². The first-order valence-electron chi connectivity index (χ1n) is 4.99. The lowest BCUT2D eigenvalue weighted by Gasteiger charge is -2.16. The number of nitrogens with one attached hydrogen (secondary N) is 1. The summed E-state index contributed by atoms with van der Waals surface area (Å²) in [5.74, 6) is -0.0817. The summed E-state index contributed by atoms with van der Waals surface area (Å²) in [5.41, 5.74) is 8.33. The Balaban J connectivity index is 4.32. The average Bonchev–Trinajstić information content (AvgIpc) is 2.21. The number of carbonyl (C=O) groups is 1. The molecule has 0 radical (unpaired) electrons. The molecule has 0 aromatic rings. The molecule has 1 N–H and O–H groups in total. The number of carbonyl (C=O) groups excluding carboxylic acids is 1. The molecule has 5 nitrogen and oxygen atoms in total. The molecule has 0 aliphatic heterocycles. The van der Waals surface area contributed by atoms with Crippen molar-refractivity contribution < 1.29 is 4.79 Å². The van der Waals surface area contributed by atoms with E-state index in [0.29, 0.717) is 6.54 Å². The quantitative estimate of drug-likeness (QED) is 0.396. The Labute approximate surface area is 84.5 Å². The Morgan fingerprint density at radius 1 is 1.57 bits per heavy atom. The van der Waals surface area contributed by atoms with Crippen molar-refractivity contribution in [1.82, 2.24) is 5.32 Å². The largest absolute Gasteiger partial charge is 0.356 e. The van der Waals surface area contributed by atoms with Crippen LogP contribution in [0.1, 0.15) is 33.6 Å². The molecule has 0 saturated carbocycles. The third-order valence-electron chi connectivity index (χ3n) is 2.18. The van der Waals surface area contributed by atoms with Crippen LogP contribution < -0.4 is 5.32 Å². The highest BCUT2D eigenvalue weighted by atomic mass is 16.2. The fourth-order valence-corrected chi connectivity index (χ4v) is 1.06. The molecular formula is C9H18N4O. The maximum atomic E-state index is 11.5. The van der Waals surface area contributed by atoms with E-state index >= 15 is 0 Å². The second kappa shape index (κ2) is 7.21. The maximum absolute atomic E-state index is 11.5. The fourth-order valence-electron chi connectivity index (χ4n) is 1.06. The SMILES string of the molecule is CCCNC(=O)[C@@H](N=[N+]=[N-])C(C)CC. The highest BCUT2D eigenvalue weighted by molar-refractivity contribution is 5.82. The van der Waals surface area contributed by atoms with Crippen LogP contribution in [0.5, 0.6) is 0 Å². The van der Waals surface area contributed by atoms with E-state index < -0.39 is 6.04 Å². The van der Waals surface area contributed by atoms with Gasteiger partial charge in [0.05, 0.1) is 0 Å². The van der Waals surface area contributed by atoms with E-state index in [2.05, 4.69) is 15.3 Å². The summed E-state index contributed by atoms with van der Waals surface area (Å²) in [6.45, 7) is 6.49. The number of nitrogens with zero attached hydrogens (tertiary/aromatic N) is 3. The topological polar surface area (TPSA) is 77.9 Å². The molecule has 14 heavy (non-hydrogen) atoms. The van der Waals surface area contributed by atoms with Crippen LogP contribution in [0.15, 0.2) is 5.11 Å². The van der Waals surface area contributed by atoms with E-state index in [1.54, 1.807) is 0 Å². The first kappa shape index (κ1) is 12.8. The molecule has 0 saturated heterocycles. The lowest BCUT2D eigenvalue weighted by Crippen LogP contribution is -2.37. The van der Waals surface area contributed by atoms with E-state index in [1.165, 1.54) is 0 Å². The van der Waals surface area contributed by atoms with Crippen LogP contribution in [0.25, 0.3) is 10.4 Å². The van der Waals surface area contributed by atoms with E-state index in [9.17, 15) is 4.79 Å². The third kappa shape index (κ3) is 4.14. The number of amides is 1. The van der Waals surface area contributed by atoms with Gasteiger partial charge in [0.15, 0.2) is 0 Å². The number of rotatable bonds is 6. The molecule has 80 valence electrons. The van der Waals surface area contributed by atoms with Crippen LogP contribution in [-0.2, 0) is 4.79 Å². The highest BCUT2D eigenvalue weighted by Gasteiger charge is 2.21. The Morgan fingerprint density at radius 2 is 2.21 bits per heavy atom. The zero-order valence-corrected chi connectivity index (χ0v) is 9.03. The summed E-state index contributed by atoms with van der Waals surface area (Å²) < 4.78 is 0. The molecule has 0 heterocycles. The zero-order chi connectivity index (χ0) is 11.0. The minimum absolute atomic E-state index is 0.0859. The van der Waals surface area contributed by atoms with Gasteiger partial charge in [-0.15, -0.1) is 0 Å². The Hall–Kier alpha value is -1.22. The van der Waals surface area contributed by atoms with Crippen LogP contribution in [0.4, 0.5) is 0 Å². The van der Waals surface area contributed by atoms with Gasteiger partial charge in [0.2, 0.25) is 5.91 Å². The van der Waals surface area contributed by atoms with Crippen molar-refractivity contribution in [3.05, 3.63) is 10.4 Å². The summed E-state index contributed by atoms with van der Waals surface area (Å²) in [4.78, 5) is 14.2. The van der Waals surface area contributed by atoms with Crippen LogP contribution in [0.3, 0.4) is 0 Å². The van der Waals surface area contributed by atoms with Gasteiger partial charge in [0.25, 0.3) is 0 Å². The molecule has 0 rings (SSSR count). The van der Waals surface area contributed by atoms with Crippen molar-refractivity contribution in [2.45, 2.75) is 39.7 Å². The molecule has 0 aliphatic rings. The molecule has 0 fully saturated rings. The summed E-state index contributed by atoms with van der Waals surface area (Å²) in [6, 6.07) is -0.573. The van der Waals surface area contributed by atoms with Crippen molar-refractivity contribution in [3.63, 3.8) is 0 Å². The van der Waals surface area contributed by atoms with Gasteiger partial charge in [-0.05, 0) is 17.9 Å². The summed E-state index contributed by atoms with van der Waals surface area (Å²) >= 11 is 0. The number of azide groups is 1. The smallest absolute Gasteiger partial charge is 0.229 e. The van der Waals surface area contributed by atoms with Crippen molar-refractivity contribution in [1.29, 1.82) is 0 Å². The highest BCUT2D eigenvalue weighted by Crippen LogP contribution is 2.11. The Morgan fingerprint density at radius 3 is 2.64 bits per heavy atom. The zero-order valence-electron chi connectivity index (χ0n) is 9.03. The number of hydrogen-bond donors (Lipinski definition) is 1. The van der Waals surface area contributed by atoms with E-state index in [0.717, 1.165) is 12.8 Å². The van der Waals surface area contributed by atoms with Gasteiger partial charge in [-0.2, -0.15) is 0 Å². The van der Waals surface area contributed by atoms with E-state index in [4.69, 9.17) is 5.53 Å².